The first kappa shape index (κ1) is 25.7. The van der Waals surface area contributed by atoms with Crippen molar-refractivity contribution < 1.29 is 0 Å². The lowest BCUT2D eigenvalue weighted by Gasteiger charge is -2.45. The van der Waals surface area contributed by atoms with Gasteiger partial charge in [0.25, 0.3) is 0 Å². The molecule has 2 aromatic carbocycles. The number of amidine groups is 1. The van der Waals surface area contributed by atoms with Gasteiger partial charge in [0.2, 0.25) is 0 Å². The molecule has 5 heteroatoms. The van der Waals surface area contributed by atoms with E-state index in [0.717, 1.165) is 44.6 Å². The van der Waals surface area contributed by atoms with Crippen molar-refractivity contribution in [1.29, 1.82) is 0 Å². The van der Waals surface area contributed by atoms with Crippen LogP contribution in [-0.4, -0.2) is 43.7 Å². The van der Waals surface area contributed by atoms with Crippen molar-refractivity contribution >= 4 is 11.4 Å². The van der Waals surface area contributed by atoms with Crippen LogP contribution in [0.3, 0.4) is 0 Å². The van der Waals surface area contributed by atoms with Crippen LogP contribution >= 0.6 is 0 Å². The molecule has 3 aliphatic rings. The van der Waals surface area contributed by atoms with E-state index in [-0.39, 0.29) is 0 Å². The van der Waals surface area contributed by atoms with Crippen molar-refractivity contribution in [2.24, 2.45) is 22.6 Å². The summed E-state index contributed by atoms with van der Waals surface area (Å²) in [6.45, 7) is 1.92. The Morgan fingerprint density at radius 2 is 1.59 bits per heavy atom. The van der Waals surface area contributed by atoms with Gasteiger partial charge in [-0.05, 0) is 80.5 Å². The Labute approximate surface area is 222 Å². The van der Waals surface area contributed by atoms with Crippen LogP contribution in [0.2, 0.25) is 0 Å². The normalized spacial score (nSPS) is 25.5. The maximum atomic E-state index is 7.00. The fraction of sp³-hybridized carbons (Fsp3) is 0.469. The summed E-state index contributed by atoms with van der Waals surface area (Å²) in [7, 11) is 4.20. The Kier molecular flexibility index (Phi) is 8.11. The number of nitrogens with two attached hydrogens (primary N) is 1. The van der Waals surface area contributed by atoms with Gasteiger partial charge in [-0.15, -0.1) is 0 Å². The van der Waals surface area contributed by atoms with Crippen LogP contribution in [0.25, 0.3) is 5.57 Å². The zero-order valence-electron chi connectivity index (χ0n) is 22.5. The second-order valence-electron chi connectivity index (χ2n) is 11.2. The Balaban J connectivity index is 1.17. The first-order valence-corrected chi connectivity index (χ1v) is 14.1. The zero-order valence-corrected chi connectivity index (χ0v) is 22.5. The lowest BCUT2D eigenvalue weighted by atomic mass is 9.77. The third kappa shape index (κ3) is 6.00. The minimum atomic E-state index is -0.669. The van der Waals surface area contributed by atoms with Crippen LogP contribution in [0.15, 0.2) is 83.0 Å². The second kappa shape index (κ2) is 11.7. The molecule has 37 heavy (non-hydrogen) atoms. The molecule has 5 rings (SSSR count). The monoisotopic (exact) mass is 497 g/mol. The molecule has 0 spiro atoms. The topological polar surface area (TPSA) is 65.7 Å². The third-order valence-electron chi connectivity index (χ3n) is 8.33. The molecule has 1 atom stereocenters. The summed E-state index contributed by atoms with van der Waals surface area (Å²) in [5.74, 6) is 1.49. The van der Waals surface area contributed by atoms with Gasteiger partial charge in [-0.2, -0.15) is 0 Å². The number of benzene rings is 2. The SMILES string of the molecule is CN(C)C1=NC(N)(C2CCC(CNCC=C(c3ccccc3)c3ccccc3)CC2)NC2=C1CCCC2. The highest BCUT2D eigenvalue weighted by Gasteiger charge is 2.42. The Bertz CT molecular complexity index is 1080. The summed E-state index contributed by atoms with van der Waals surface area (Å²) < 4.78 is 0. The molecule has 0 saturated heterocycles. The molecule has 0 aromatic heterocycles. The summed E-state index contributed by atoms with van der Waals surface area (Å²) in [5, 5.41) is 7.44. The van der Waals surface area contributed by atoms with Crippen molar-refractivity contribution in [2.45, 2.75) is 57.2 Å². The third-order valence-corrected chi connectivity index (χ3v) is 8.33. The number of nitrogens with one attached hydrogen (secondary N) is 2. The van der Waals surface area contributed by atoms with E-state index in [9.17, 15) is 0 Å². The number of hydrogen-bond donors (Lipinski definition) is 3. The molecule has 1 saturated carbocycles. The highest BCUT2D eigenvalue weighted by molar-refractivity contribution is 5.99. The molecular formula is C32H43N5. The molecule has 0 amide bonds. The number of hydrogen-bond acceptors (Lipinski definition) is 5. The Morgan fingerprint density at radius 3 is 2.22 bits per heavy atom. The van der Waals surface area contributed by atoms with Crippen molar-refractivity contribution in [3.05, 3.63) is 89.1 Å². The summed E-state index contributed by atoms with van der Waals surface area (Å²) >= 11 is 0. The van der Waals surface area contributed by atoms with Crippen molar-refractivity contribution in [2.75, 3.05) is 27.2 Å². The molecule has 4 N–H and O–H groups in total. The molecule has 0 radical (unpaired) electrons. The van der Waals surface area contributed by atoms with Gasteiger partial charge in [-0.25, -0.2) is 4.99 Å². The van der Waals surface area contributed by atoms with Gasteiger partial charge in [0, 0.05) is 37.8 Å². The molecule has 1 fully saturated rings. The van der Waals surface area contributed by atoms with Gasteiger partial charge in [0.15, 0.2) is 5.79 Å². The van der Waals surface area contributed by atoms with E-state index in [1.807, 2.05) is 0 Å². The predicted molar refractivity (Wildman–Crippen MR) is 155 cm³/mol. The molecule has 1 aliphatic heterocycles. The van der Waals surface area contributed by atoms with E-state index in [0.29, 0.717) is 11.8 Å². The van der Waals surface area contributed by atoms with E-state index in [1.165, 1.54) is 53.7 Å². The minimum absolute atomic E-state index is 0.373. The molecule has 2 aliphatic carbocycles. The van der Waals surface area contributed by atoms with Crippen LogP contribution in [-0.2, 0) is 0 Å². The van der Waals surface area contributed by atoms with Crippen LogP contribution < -0.4 is 16.4 Å². The van der Waals surface area contributed by atoms with Crippen molar-refractivity contribution in [1.82, 2.24) is 15.5 Å². The maximum Gasteiger partial charge on any atom is 0.187 e. The smallest absolute Gasteiger partial charge is 0.187 e. The minimum Gasteiger partial charge on any atom is -0.363 e. The van der Waals surface area contributed by atoms with E-state index in [1.54, 1.807) is 0 Å². The van der Waals surface area contributed by atoms with E-state index in [4.69, 9.17) is 10.7 Å². The van der Waals surface area contributed by atoms with Crippen LogP contribution in [0.4, 0.5) is 0 Å². The van der Waals surface area contributed by atoms with Crippen LogP contribution in [0.1, 0.15) is 62.5 Å². The molecular weight excluding hydrogens is 454 g/mol. The fourth-order valence-electron chi connectivity index (χ4n) is 6.27. The average Bonchev–Trinajstić information content (AvgIpc) is 2.94. The van der Waals surface area contributed by atoms with Crippen molar-refractivity contribution in [3.8, 4) is 0 Å². The first-order valence-electron chi connectivity index (χ1n) is 14.1. The zero-order chi connectivity index (χ0) is 25.7. The maximum absolute atomic E-state index is 7.00. The average molecular weight is 498 g/mol. The largest absolute Gasteiger partial charge is 0.363 e. The van der Waals surface area contributed by atoms with Crippen molar-refractivity contribution in [3.63, 3.8) is 0 Å². The summed E-state index contributed by atoms with van der Waals surface area (Å²) in [6.07, 6.45) is 11.7. The molecule has 1 heterocycles. The molecule has 2 aromatic rings. The highest BCUT2D eigenvalue weighted by Crippen LogP contribution is 2.38. The number of likely N-dealkylation sites (N-methyl/N-ethyl adjacent to an activating group) is 1. The fourth-order valence-corrected chi connectivity index (χ4v) is 6.27. The standard InChI is InChI=1S/C32H43N5/c1-37(2)31-29-15-9-10-16-30(29)35-32(33,36-31)27-19-17-24(18-20-27)23-34-22-21-28(25-11-5-3-6-12-25)26-13-7-4-8-14-26/h3-8,11-14,21,24,27,34-35H,9-10,15-20,22-23,33H2,1-2H3. The number of nitrogens with zero attached hydrogens (tertiary/aromatic N) is 2. The Hall–Kier alpha value is -2.89. The number of allylic oxidation sites excluding steroid dienone is 1. The molecule has 5 nitrogen and oxygen atoms in total. The number of rotatable bonds is 7. The molecule has 196 valence electrons. The quantitative estimate of drug-likeness (QED) is 0.441. The van der Waals surface area contributed by atoms with Gasteiger partial charge in [-0.1, -0.05) is 66.7 Å². The second-order valence-corrected chi connectivity index (χ2v) is 11.2. The van der Waals surface area contributed by atoms with Crippen LogP contribution in [0.5, 0.6) is 0 Å². The van der Waals surface area contributed by atoms with Gasteiger partial charge in [0.1, 0.15) is 5.84 Å². The molecule has 1 unspecified atom stereocenters. The first-order chi connectivity index (χ1) is 18.0. The summed E-state index contributed by atoms with van der Waals surface area (Å²) in [4.78, 5) is 7.28. The lowest BCUT2D eigenvalue weighted by Crippen LogP contribution is -2.61. The summed E-state index contributed by atoms with van der Waals surface area (Å²) in [6, 6.07) is 21.4. The van der Waals surface area contributed by atoms with E-state index >= 15 is 0 Å². The summed E-state index contributed by atoms with van der Waals surface area (Å²) in [5.41, 5.74) is 13.5. The molecule has 0 bridgehead atoms. The van der Waals surface area contributed by atoms with E-state index < -0.39 is 5.79 Å². The van der Waals surface area contributed by atoms with Gasteiger partial charge in [-0.3, -0.25) is 5.73 Å². The number of aliphatic imine (C=N–C) groups is 1. The van der Waals surface area contributed by atoms with Gasteiger partial charge >= 0.3 is 0 Å². The van der Waals surface area contributed by atoms with Gasteiger partial charge < -0.3 is 15.5 Å². The highest BCUT2D eigenvalue weighted by atomic mass is 15.3. The van der Waals surface area contributed by atoms with Gasteiger partial charge in [0.05, 0.1) is 0 Å². The predicted octanol–water partition coefficient (Wildman–Crippen LogP) is 5.52. The lowest BCUT2D eigenvalue weighted by molar-refractivity contribution is 0.151. The Morgan fingerprint density at radius 1 is 0.973 bits per heavy atom. The van der Waals surface area contributed by atoms with E-state index in [2.05, 4.69) is 96.4 Å². The van der Waals surface area contributed by atoms with Crippen LogP contribution in [0, 0.1) is 11.8 Å².